The number of urea groups is 1. The van der Waals surface area contributed by atoms with E-state index >= 15 is 0 Å². The number of carbonyl (C=O) groups is 1. The van der Waals surface area contributed by atoms with Crippen molar-refractivity contribution in [1.82, 2.24) is 20.4 Å². The lowest BCUT2D eigenvalue weighted by Gasteiger charge is -2.23. The molecule has 0 aliphatic rings. The van der Waals surface area contributed by atoms with Crippen LogP contribution in [0.4, 0.5) is 4.79 Å². The number of rotatable bonds is 5. The van der Waals surface area contributed by atoms with Gasteiger partial charge in [0.05, 0.1) is 18.8 Å². The van der Waals surface area contributed by atoms with Gasteiger partial charge >= 0.3 is 6.03 Å². The van der Waals surface area contributed by atoms with Crippen LogP contribution in [0.1, 0.15) is 31.2 Å². The first-order valence-electron chi connectivity index (χ1n) is 8.09. The van der Waals surface area contributed by atoms with Gasteiger partial charge in [-0.05, 0) is 26.0 Å². The van der Waals surface area contributed by atoms with Crippen LogP contribution in [0.3, 0.4) is 0 Å². The molecule has 0 radical (unpaired) electrons. The van der Waals surface area contributed by atoms with E-state index in [1.54, 1.807) is 31.0 Å². The maximum atomic E-state index is 12.1. The highest BCUT2D eigenvalue weighted by Gasteiger charge is 2.25. The van der Waals surface area contributed by atoms with Gasteiger partial charge in [-0.1, -0.05) is 18.2 Å². The highest BCUT2D eigenvalue weighted by molar-refractivity contribution is 5.78. The fourth-order valence-corrected chi connectivity index (χ4v) is 2.59. The van der Waals surface area contributed by atoms with E-state index in [0.29, 0.717) is 11.3 Å². The third kappa shape index (κ3) is 3.83. The Morgan fingerprint density at radius 1 is 1.44 bits per heavy atom. The molecule has 3 N–H and O–H groups in total. The van der Waals surface area contributed by atoms with Crippen LogP contribution in [0.15, 0.2) is 47.1 Å². The Bertz CT molecular complexity index is 848. The first-order chi connectivity index (χ1) is 11.8. The summed E-state index contributed by atoms with van der Waals surface area (Å²) in [6.45, 7) is 3.54. The van der Waals surface area contributed by atoms with Crippen molar-refractivity contribution in [2.75, 3.05) is 6.54 Å². The number of hydrogen-bond donors (Lipinski definition) is 3. The van der Waals surface area contributed by atoms with Crippen molar-refractivity contribution in [2.45, 2.75) is 25.5 Å². The Morgan fingerprint density at radius 3 is 2.88 bits per heavy atom. The molecule has 0 aliphatic carbocycles. The number of amides is 2. The van der Waals surface area contributed by atoms with Crippen molar-refractivity contribution >= 4 is 17.0 Å². The lowest BCUT2D eigenvalue weighted by atomic mass is 10.00. The lowest BCUT2D eigenvalue weighted by molar-refractivity contribution is 0.0592. The average Bonchev–Trinajstić information content (AvgIpc) is 3.19. The average molecular weight is 342 g/mol. The number of aliphatic hydroxyl groups is 1. The summed E-state index contributed by atoms with van der Waals surface area (Å²) in [4.78, 5) is 12.1. The smallest absolute Gasteiger partial charge is 0.315 e. The van der Waals surface area contributed by atoms with Crippen LogP contribution in [0.2, 0.25) is 0 Å². The molecule has 0 saturated carbocycles. The molecule has 1 aromatic carbocycles. The van der Waals surface area contributed by atoms with Crippen LogP contribution in [0, 0.1) is 0 Å². The van der Waals surface area contributed by atoms with Crippen LogP contribution < -0.4 is 10.6 Å². The fraction of sp³-hybridized carbons (Fsp3) is 0.333. The molecule has 2 heterocycles. The first kappa shape index (κ1) is 17.0. The molecule has 0 fully saturated rings. The second kappa shape index (κ2) is 6.60. The highest BCUT2D eigenvalue weighted by Crippen LogP contribution is 2.23. The Balaban J connectivity index is 1.58. The van der Waals surface area contributed by atoms with Crippen molar-refractivity contribution in [1.29, 1.82) is 0 Å². The number of benzene rings is 1. The molecule has 0 unspecified atom stereocenters. The molecule has 2 atom stereocenters. The van der Waals surface area contributed by atoms with Crippen molar-refractivity contribution in [3.05, 3.63) is 54.0 Å². The number of furan rings is 1. The van der Waals surface area contributed by atoms with E-state index in [4.69, 9.17) is 4.42 Å². The minimum atomic E-state index is -1.20. The molecule has 2 aromatic heterocycles. The molecule has 0 bridgehead atoms. The van der Waals surface area contributed by atoms with Gasteiger partial charge in [-0.25, -0.2) is 4.79 Å². The Hall–Kier alpha value is -2.80. The predicted molar refractivity (Wildman–Crippen MR) is 93.9 cm³/mol. The van der Waals surface area contributed by atoms with E-state index in [1.165, 1.54) is 0 Å². The zero-order valence-electron chi connectivity index (χ0n) is 14.5. The molecule has 0 aliphatic heterocycles. The van der Waals surface area contributed by atoms with Crippen molar-refractivity contribution in [2.24, 2.45) is 7.05 Å². The molecular weight excluding hydrogens is 320 g/mol. The van der Waals surface area contributed by atoms with Gasteiger partial charge in [-0.3, -0.25) is 4.68 Å². The van der Waals surface area contributed by atoms with Gasteiger partial charge in [0.25, 0.3) is 0 Å². The molecule has 2 amide bonds. The second-order valence-electron chi connectivity index (χ2n) is 6.41. The van der Waals surface area contributed by atoms with Gasteiger partial charge in [-0.2, -0.15) is 5.10 Å². The molecule has 7 nitrogen and oxygen atoms in total. The molecular formula is C18H22N4O3. The predicted octanol–water partition coefficient (Wildman–Crippen LogP) is 2.43. The Morgan fingerprint density at radius 2 is 2.20 bits per heavy atom. The molecule has 3 rings (SSSR count). The van der Waals surface area contributed by atoms with Crippen LogP contribution in [-0.2, 0) is 12.6 Å². The number of fused-ring (bicyclic) bond motifs is 1. The lowest BCUT2D eigenvalue weighted by Crippen LogP contribution is -2.44. The minimum Gasteiger partial charge on any atom is -0.459 e. The number of carbonyl (C=O) groups excluding carboxylic acids is 1. The third-order valence-corrected chi connectivity index (χ3v) is 4.14. The van der Waals surface area contributed by atoms with E-state index in [1.807, 2.05) is 37.3 Å². The summed E-state index contributed by atoms with van der Waals surface area (Å²) >= 11 is 0. The summed E-state index contributed by atoms with van der Waals surface area (Å²) in [5, 5.41) is 21.0. The van der Waals surface area contributed by atoms with Crippen molar-refractivity contribution in [3.8, 4) is 0 Å². The van der Waals surface area contributed by atoms with Crippen molar-refractivity contribution < 1.29 is 14.3 Å². The summed E-state index contributed by atoms with van der Waals surface area (Å²) in [7, 11) is 1.77. The normalized spacial score (nSPS) is 14.9. The summed E-state index contributed by atoms with van der Waals surface area (Å²) in [5.74, 6) is 0.676. The van der Waals surface area contributed by atoms with Gasteiger partial charge in [0.15, 0.2) is 0 Å². The number of aryl methyl sites for hydroxylation is 1. The minimum absolute atomic E-state index is 0.0668. The summed E-state index contributed by atoms with van der Waals surface area (Å²) in [6, 6.07) is 8.92. The number of aromatic nitrogens is 2. The van der Waals surface area contributed by atoms with Gasteiger partial charge in [0.2, 0.25) is 0 Å². The number of para-hydroxylation sites is 1. The SMILES string of the molecule is C[C@@H](NC(=O)NC[C@](C)(O)c1cnn(C)c1)c1cc2ccccc2o1. The maximum absolute atomic E-state index is 12.1. The number of hydrogen-bond acceptors (Lipinski definition) is 4. The van der Waals surface area contributed by atoms with E-state index < -0.39 is 5.60 Å². The van der Waals surface area contributed by atoms with Crippen LogP contribution in [-0.4, -0.2) is 27.5 Å². The Kier molecular flexibility index (Phi) is 4.50. The van der Waals surface area contributed by atoms with E-state index in [2.05, 4.69) is 15.7 Å². The first-order valence-corrected chi connectivity index (χ1v) is 8.09. The standard InChI is InChI=1S/C18H22N4O3/c1-12(16-8-13-6-4-5-7-15(13)25-16)21-17(23)19-11-18(2,24)14-9-20-22(3)10-14/h4-10,12,24H,11H2,1-3H3,(H2,19,21,23)/t12-,18+/m1/s1. The van der Waals surface area contributed by atoms with Gasteiger partial charge in [0.1, 0.15) is 16.9 Å². The largest absolute Gasteiger partial charge is 0.459 e. The summed E-state index contributed by atoms with van der Waals surface area (Å²) < 4.78 is 7.35. The van der Waals surface area contributed by atoms with Crippen LogP contribution in [0.25, 0.3) is 11.0 Å². The Labute approximate surface area is 145 Å². The topological polar surface area (TPSA) is 92.3 Å². The molecule has 0 spiro atoms. The van der Waals surface area contributed by atoms with E-state index in [-0.39, 0.29) is 18.6 Å². The molecule has 3 aromatic rings. The molecule has 132 valence electrons. The quantitative estimate of drug-likeness (QED) is 0.664. The molecule has 25 heavy (non-hydrogen) atoms. The summed E-state index contributed by atoms with van der Waals surface area (Å²) in [6.07, 6.45) is 3.30. The van der Waals surface area contributed by atoms with Gasteiger partial charge in [0, 0.05) is 24.2 Å². The van der Waals surface area contributed by atoms with E-state index in [9.17, 15) is 9.90 Å². The highest BCUT2D eigenvalue weighted by atomic mass is 16.3. The van der Waals surface area contributed by atoms with Crippen LogP contribution in [0.5, 0.6) is 0 Å². The zero-order chi connectivity index (χ0) is 18.0. The maximum Gasteiger partial charge on any atom is 0.315 e. The van der Waals surface area contributed by atoms with Gasteiger partial charge < -0.3 is 20.2 Å². The number of nitrogens with one attached hydrogen (secondary N) is 2. The number of nitrogens with zero attached hydrogens (tertiary/aromatic N) is 2. The van der Waals surface area contributed by atoms with Gasteiger partial charge in [-0.15, -0.1) is 0 Å². The van der Waals surface area contributed by atoms with E-state index in [0.717, 1.165) is 11.0 Å². The molecule has 7 heteroatoms. The van der Waals surface area contributed by atoms with Crippen LogP contribution >= 0.6 is 0 Å². The zero-order valence-corrected chi connectivity index (χ0v) is 14.5. The second-order valence-corrected chi connectivity index (χ2v) is 6.41. The fourth-order valence-electron chi connectivity index (χ4n) is 2.59. The third-order valence-electron chi connectivity index (χ3n) is 4.14. The monoisotopic (exact) mass is 342 g/mol. The van der Waals surface area contributed by atoms with Crippen molar-refractivity contribution in [3.63, 3.8) is 0 Å². The summed E-state index contributed by atoms with van der Waals surface area (Å²) in [5.41, 5.74) is 0.223. The molecule has 0 saturated heterocycles.